The van der Waals surface area contributed by atoms with E-state index in [0.29, 0.717) is 11.3 Å². The van der Waals surface area contributed by atoms with Gasteiger partial charge in [-0.1, -0.05) is 19.0 Å². The molecule has 0 aliphatic rings. The van der Waals surface area contributed by atoms with Crippen LogP contribution in [0, 0.1) is 11.6 Å². The SMILES string of the molecule is CC(C)c1noc(N)c1-c1ccc(F)cc1F. The lowest BCUT2D eigenvalue weighted by Gasteiger charge is -2.06. The summed E-state index contributed by atoms with van der Waals surface area (Å²) in [6.45, 7) is 3.78. The molecule has 0 unspecified atom stereocenters. The van der Waals surface area contributed by atoms with Gasteiger partial charge in [0.15, 0.2) is 0 Å². The molecule has 0 bridgehead atoms. The molecule has 0 amide bonds. The first kappa shape index (κ1) is 11.6. The fourth-order valence-corrected chi connectivity index (χ4v) is 1.67. The summed E-state index contributed by atoms with van der Waals surface area (Å²) in [5, 5.41) is 3.79. The molecule has 2 rings (SSSR count). The van der Waals surface area contributed by atoms with E-state index >= 15 is 0 Å². The van der Waals surface area contributed by atoms with Gasteiger partial charge in [0.05, 0.1) is 11.3 Å². The Morgan fingerprint density at radius 3 is 2.59 bits per heavy atom. The van der Waals surface area contributed by atoms with E-state index in [1.807, 2.05) is 13.8 Å². The van der Waals surface area contributed by atoms with Gasteiger partial charge in [-0.05, 0) is 18.1 Å². The number of nitrogen functional groups attached to an aromatic ring is 1. The maximum absolute atomic E-state index is 13.7. The highest BCUT2D eigenvalue weighted by molar-refractivity contribution is 5.75. The van der Waals surface area contributed by atoms with Crippen LogP contribution < -0.4 is 5.73 Å². The van der Waals surface area contributed by atoms with Crippen molar-refractivity contribution in [1.82, 2.24) is 5.16 Å². The monoisotopic (exact) mass is 238 g/mol. The lowest BCUT2D eigenvalue weighted by Crippen LogP contribution is -1.95. The minimum absolute atomic E-state index is 0.0375. The summed E-state index contributed by atoms with van der Waals surface area (Å²) in [5.41, 5.74) is 6.79. The number of rotatable bonds is 2. The number of aromatic nitrogens is 1. The molecule has 0 spiro atoms. The Kier molecular flexibility index (Phi) is 2.83. The number of nitrogens with zero attached hydrogens (tertiary/aromatic N) is 1. The molecule has 0 fully saturated rings. The van der Waals surface area contributed by atoms with Gasteiger partial charge in [0.25, 0.3) is 0 Å². The van der Waals surface area contributed by atoms with Gasteiger partial charge in [0, 0.05) is 11.6 Å². The van der Waals surface area contributed by atoms with Gasteiger partial charge in [0.2, 0.25) is 5.88 Å². The molecule has 1 heterocycles. The zero-order valence-corrected chi connectivity index (χ0v) is 9.50. The molecule has 90 valence electrons. The Morgan fingerprint density at radius 1 is 1.29 bits per heavy atom. The zero-order chi connectivity index (χ0) is 12.6. The summed E-state index contributed by atoms with van der Waals surface area (Å²) in [4.78, 5) is 0. The maximum atomic E-state index is 13.7. The molecule has 1 aromatic heterocycles. The molecular formula is C12H12F2N2O. The molecule has 0 atom stereocenters. The minimum Gasteiger partial charge on any atom is -0.367 e. The number of anilines is 1. The molecular weight excluding hydrogens is 226 g/mol. The molecule has 2 N–H and O–H groups in total. The van der Waals surface area contributed by atoms with Crippen LogP contribution in [0.25, 0.3) is 11.1 Å². The van der Waals surface area contributed by atoms with Crippen LogP contribution in [-0.4, -0.2) is 5.16 Å². The number of halogens is 2. The van der Waals surface area contributed by atoms with Crippen LogP contribution in [0.15, 0.2) is 22.7 Å². The topological polar surface area (TPSA) is 52.0 Å². The van der Waals surface area contributed by atoms with Gasteiger partial charge in [-0.3, -0.25) is 0 Å². The Balaban J connectivity index is 2.63. The van der Waals surface area contributed by atoms with Gasteiger partial charge in [-0.2, -0.15) is 0 Å². The highest BCUT2D eigenvalue weighted by Gasteiger charge is 2.21. The van der Waals surface area contributed by atoms with Gasteiger partial charge >= 0.3 is 0 Å². The van der Waals surface area contributed by atoms with Crippen molar-refractivity contribution < 1.29 is 13.3 Å². The Morgan fingerprint density at radius 2 is 2.00 bits per heavy atom. The smallest absolute Gasteiger partial charge is 0.230 e. The van der Waals surface area contributed by atoms with Gasteiger partial charge in [0.1, 0.15) is 11.6 Å². The predicted octanol–water partition coefficient (Wildman–Crippen LogP) is 3.33. The fraction of sp³-hybridized carbons (Fsp3) is 0.250. The van der Waals surface area contributed by atoms with E-state index in [0.717, 1.165) is 6.07 Å². The van der Waals surface area contributed by atoms with Crippen molar-refractivity contribution in [3.8, 4) is 11.1 Å². The summed E-state index contributed by atoms with van der Waals surface area (Å²) in [6, 6.07) is 3.32. The van der Waals surface area contributed by atoms with Crippen LogP contribution in [-0.2, 0) is 0 Å². The second-order valence-corrected chi connectivity index (χ2v) is 4.09. The summed E-state index contributed by atoms with van der Waals surface area (Å²) in [6.07, 6.45) is 0. The summed E-state index contributed by atoms with van der Waals surface area (Å²) in [5.74, 6) is -1.23. The Bertz CT molecular complexity index is 549. The van der Waals surface area contributed by atoms with E-state index in [-0.39, 0.29) is 17.4 Å². The molecule has 5 heteroatoms. The molecule has 0 aliphatic carbocycles. The third-order valence-electron chi connectivity index (χ3n) is 2.49. The average Bonchev–Trinajstić information content (AvgIpc) is 2.60. The molecule has 0 radical (unpaired) electrons. The maximum Gasteiger partial charge on any atom is 0.230 e. The predicted molar refractivity (Wildman–Crippen MR) is 60.4 cm³/mol. The van der Waals surface area contributed by atoms with E-state index < -0.39 is 11.6 Å². The lowest BCUT2D eigenvalue weighted by atomic mass is 9.99. The third kappa shape index (κ3) is 2.00. The van der Waals surface area contributed by atoms with Gasteiger partial charge in [-0.25, -0.2) is 8.78 Å². The Labute approximate surface area is 97.2 Å². The van der Waals surface area contributed by atoms with Crippen LogP contribution in [0.5, 0.6) is 0 Å². The molecule has 2 aromatic rings. The van der Waals surface area contributed by atoms with Crippen molar-refractivity contribution in [3.05, 3.63) is 35.5 Å². The van der Waals surface area contributed by atoms with E-state index in [1.54, 1.807) is 0 Å². The van der Waals surface area contributed by atoms with Crippen molar-refractivity contribution in [1.29, 1.82) is 0 Å². The molecule has 1 aromatic carbocycles. The van der Waals surface area contributed by atoms with Crippen LogP contribution >= 0.6 is 0 Å². The summed E-state index contributed by atoms with van der Waals surface area (Å²) >= 11 is 0. The highest BCUT2D eigenvalue weighted by atomic mass is 19.1. The fourth-order valence-electron chi connectivity index (χ4n) is 1.67. The highest BCUT2D eigenvalue weighted by Crippen LogP contribution is 2.35. The van der Waals surface area contributed by atoms with Crippen LogP contribution in [0.1, 0.15) is 25.5 Å². The summed E-state index contributed by atoms with van der Waals surface area (Å²) in [7, 11) is 0. The average molecular weight is 238 g/mol. The molecule has 0 aliphatic heterocycles. The normalized spacial score (nSPS) is 11.1. The largest absolute Gasteiger partial charge is 0.367 e. The van der Waals surface area contributed by atoms with Gasteiger partial charge < -0.3 is 10.3 Å². The second-order valence-electron chi connectivity index (χ2n) is 4.09. The molecule has 0 saturated carbocycles. The van der Waals surface area contributed by atoms with E-state index in [2.05, 4.69) is 5.16 Å². The van der Waals surface area contributed by atoms with Crippen molar-refractivity contribution >= 4 is 5.88 Å². The zero-order valence-electron chi connectivity index (χ0n) is 9.50. The van der Waals surface area contributed by atoms with E-state index in [1.165, 1.54) is 12.1 Å². The van der Waals surface area contributed by atoms with Crippen LogP contribution in [0.3, 0.4) is 0 Å². The van der Waals surface area contributed by atoms with Crippen molar-refractivity contribution in [2.45, 2.75) is 19.8 Å². The van der Waals surface area contributed by atoms with Crippen molar-refractivity contribution in [3.63, 3.8) is 0 Å². The number of nitrogens with two attached hydrogens (primary N) is 1. The van der Waals surface area contributed by atoms with E-state index in [4.69, 9.17) is 10.3 Å². The standard InChI is InChI=1S/C12H12F2N2O/c1-6(2)11-10(12(15)17-16-11)8-4-3-7(13)5-9(8)14/h3-6H,15H2,1-2H3. The molecule has 17 heavy (non-hydrogen) atoms. The number of hydrogen-bond donors (Lipinski definition) is 1. The van der Waals surface area contributed by atoms with Crippen molar-refractivity contribution in [2.75, 3.05) is 5.73 Å². The first-order valence-electron chi connectivity index (χ1n) is 5.21. The van der Waals surface area contributed by atoms with Crippen LogP contribution in [0.4, 0.5) is 14.7 Å². The first-order valence-corrected chi connectivity index (χ1v) is 5.21. The lowest BCUT2D eigenvalue weighted by molar-refractivity contribution is 0.424. The number of hydrogen-bond acceptors (Lipinski definition) is 3. The summed E-state index contributed by atoms with van der Waals surface area (Å²) < 4.78 is 31.4. The minimum atomic E-state index is -0.679. The van der Waals surface area contributed by atoms with E-state index in [9.17, 15) is 8.78 Å². The quantitative estimate of drug-likeness (QED) is 0.873. The second kappa shape index (κ2) is 4.16. The Hall–Kier alpha value is -1.91. The van der Waals surface area contributed by atoms with Crippen molar-refractivity contribution in [2.24, 2.45) is 0 Å². The van der Waals surface area contributed by atoms with Gasteiger partial charge in [-0.15, -0.1) is 0 Å². The third-order valence-corrected chi connectivity index (χ3v) is 2.49. The molecule has 0 saturated heterocycles. The first-order chi connectivity index (χ1) is 8.00. The number of benzene rings is 1. The van der Waals surface area contributed by atoms with Crippen LogP contribution in [0.2, 0.25) is 0 Å². The molecule has 3 nitrogen and oxygen atoms in total.